The average Bonchev–Trinajstić information content (AvgIpc) is 2.56. The number of carbonyl (C=O) groups is 1. The summed E-state index contributed by atoms with van der Waals surface area (Å²) in [7, 11) is 1.62. The predicted octanol–water partition coefficient (Wildman–Crippen LogP) is 3.29. The number of methoxy groups -OCH3 is 1. The molecule has 23 heavy (non-hydrogen) atoms. The van der Waals surface area contributed by atoms with Crippen molar-refractivity contribution in [1.82, 2.24) is 15.3 Å². The van der Waals surface area contributed by atoms with Crippen molar-refractivity contribution in [3.8, 4) is 0 Å². The molecule has 0 unspecified atom stereocenters. The summed E-state index contributed by atoms with van der Waals surface area (Å²) < 4.78 is 4.93. The SMILES string of the molecule is COCCCNC(=O)c1ccnc(Nc2cccc(Cl)c2Cl)n1. The van der Waals surface area contributed by atoms with E-state index < -0.39 is 0 Å². The van der Waals surface area contributed by atoms with Gasteiger partial charge in [-0.25, -0.2) is 9.97 Å². The topological polar surface area (TPSA) is 76.1 Å². The van der Waals surface area contributed by atoms with E-state index in [2.05, 4.69) is 20.6 Å². The molecule has 1 heterocycles. The van der Waals surface area contributed by atoms with E-state index in [1.165, 1.54) is 12.3 Å². The Hall–Kier alpha value is -1.89. The lowest BCUT2D eigenvalue weighted by Gasteiger charge is -2.09. The molecule has 2 N–H and O–H groups in total. The van der Waals surface area contributed by atoms with E-state index >= 15 is 0 Å². The Morgan fingerprint density at radius 3 is 2.91 bits per heavy atom. The van der Waals surface area contributed by atoms with Gasteiger partial charge in [0, 0.05) is 26.5 Å². The number of aromatic nitrogens is 2. The van der Waals surface area contributed by atoms with Crippen LogP contribution in [0, 0.1) is 0 Å². The summed E-state index contributed by atoms with van der Waals surface area (Å²) in [5.74, 6) is -0.0116. The quantitative estimate of drug-likeness (QED) is 0.746. The van der Waals surface area contributed by atoms with E-state index in [1.807, 2.05) is 0 Å². The summed E-state index contributed by atoms with van der Waals surface area (Å²) >= 11 is 12.1. The summed E-state index contributed by atoms with van der Waals surface area (Å²) in [5.41, 5.74) is 0.829. The molecule has 122 valence electrons. The molecule has 2 aromatic rings. The summed E-state index contributed by atoms with van der Waals surface area (Å²) in [6.45, 7) is 1.10. The van der Waals surface area contributed by atoms with Gasteiger partial charge in [0.2, 0.25) is 5.95 Å². The Morgan fingerprint density at radius 2 is 2.13 bits per heavy atom. The number of ether oxygens (including phenoxy) is 1. The average molecular weight is 355 g/mol. The predicted molar refractivity (Wildman–Crippen MR) is 90.6 cm³/mol. The highest BCUT2D eigenvalue weighted by Crippen LogP contribution is 2.30. The van der Waals surface area contributed by atoms with Crippen LogP contribution in [0.4, 0.5) is 11.6 Å². The van der Waals surface area contributed by atoms with Gasteiger partial charge in [-0.3, -0.25) is 4.79 Å². The number of nitrogens with zero attached hydrogens (tertiary/aromatic N) is 2. The molecule has 0 saturated heterocycles. The largest absolute Gasteiger partial charge is 0.385 e. The van der Waals surface area contributed by atoms with E-state index in [1.54, 1.807) is 25.3 Å². The number of benzene rings is 1. The van der Waals surface area contributed by atoms with Gasteiger partial charge < -0.3 is 15.4 Å². The van der Waals surface area contributed by atoms with E-state index in [0.717, 1.165) is 6.42 Å². The van der Waals surface area contributed by atoms with Crippen molar-refractivity contribution in [2.75, 3.05) is 25.6 Å². The zero-order chi connectivity index (χ0) is 16.7. The van der Waals surface area contributed by atoms with Crippen molar-refractivity contribution in [1.29, 1.82) is 0 Å². The maximum atomic E-state index is 12.0. The fraction of sp³-hybridized carbons (Fsp3) is 0.267. The van der Waals surface area contributed by atoms with E-state index in [4.69, 9.17) is 27.9 Å². The van der Waals surface area contributed by atoms with Crippen molar-refractivity contribution in [2.45, 2.75) is 6.42 Å². The smallest absolute Gasteiger partial charge is 0.270 e. The molecule has 2 rings (SSSR count). The third-order valence-electron chi connectivity index (χ3n) is 2.90. The maximum Gasteiger partial charge on any atom is 0.270 e. The van der Waals surface area contributed by atoms with Crippen molar-refractivity contribution in [3.63, 3.8) is 0 Å². The van der Waals surface area contributed by atoms with E-state index in [9.17, 15) is 4.79 Å². The number of hydrogen-bond donors (Lipinski definition) is 2. The zero-order valence-corrected chi connectivity index (χ0v) is 14.0. The van der Waals surface area contributed by atoms with Crippen LogP contribution in [0.5, 0.6) is 0 Å². The van der Waals surface area contributed by atoms with Crippen LogP contribution in [-0.2, 0) is 4.74 Å². The molecule has 0 saturated carbocycles. The minimum atomic E-state index is -0.274. The minimum Gasteiger partial charge on any atom is -0.385 e. The molecule has 0 aliphatic carbocycles. The Kier molecular flexibility index (Phi) is 6.58. The molecular weight excluding hydrogens is 339 g/mol. The van der Waals surface area contributed by atoms with Gasteiger partial charge in [0.15, 0.2) is 0 Å². The first-order valence-electron chi connectivity index (χ1n) is 6.93. The fourth-order valence-corrected chi connectivity index (χ4v) is 2.12. The Bertz CT molecular complexity index is 682. The van der Waals surface area contributed by atoms with Crippen LogP contribution in [0.25, 0.3) is 0 Å². The second-order valence-corrected chi connectivity index (χ2v) is 5.38. The van der Waals surface area contributed by atoms with Crippen LogP contribution in [0.15, 0.2) is 30.5 Å². The number of carbonyl (C=O) groups excluding carboxylic acids is 1. The molecular formula is C15H16Cl2N4O2. The van der Waals surface area contributed by atoms with Gasteiger partial charge in [-0.2, -0.15) is 0 Å². The highest BCUT2D eigenvalue weighted by Gasteiger charge is 2.10. The summed E-state index contributed by atoms with van der Waals surface area (Å²) in [6, 6.07) is 6.72. The number of amides is 1. The van der Waals surface area contributed by atoms with Crippen molar-refractivity contribution >= 4 is 40.7 Å². The molecule has 1 aromatic carbocycles. The van der Waals surface area contributed by atoms with Crippen molar-refractivity contribution < 1.29 is 9.53 Å². The monoisotopic (exact) mass is 354 g/mol. The van der Waals surface area contributed by atoms with Crippen LogP contribution >= 0.6 is 23.2 Å². The van der Waals surface area contributed by atoms with Gasteiger partial charge in [0.05, 0.1) is 15.7 Å². The third kappa shape index (κ3) is 5.06. The second-order valence-electron chi connectivity index (χ2n) is 4.59. The first-order chi connectivity index (χ1) is 11.1. The molecule has 1 aromatic heterocycles. The zero-order valence-electron chi connectivity index (χ0n) is 12.5. The van der Waals surface area contributed by atoms with Gasteiger partial charge in [-0.05, 0) is 24.6 Å². The van der Waals surface area contributed by atoms with Gasteiger partial charge in [0.25, 0.3) is 5.91 Å². The first kappa shape index (κ1) is 17.5. The highest BCUT2D eigenvalue weighted by molar-refractivity contribution is 6.43. The molecule has 6 nitrogen and oxygen atoms in total. The molecule has 0 radical (unpaired) electrons. The fourth-order valence-electron chi connectivity index (χ4n) is 1.78. The lowest BCUT2D eigenvalue weighted by Crippen LogP contribution is -2.26. The van der Waals surface area contributed by atoms with Crippen LogP contribution < -0.4 is 10.6 Å². The number of rotatable bonds is 7. The van der Waals surface area contributed by atoms with E-state index in [-0.39, 0.29) is 17.5 Å². The molecule has 0 aliphatic heterocycles. The van der Waals surface area contributed by atoms with Crippen molar-refractivity contribution in [2.24, 2.45) is 0 Å². The molecule has 0 spiro atoms. The molecule has 1 amide bonds. The van der Waals surface area contributed by atoms with Crippen LogP contribution in [-0.4, -0.2) is 36.1 Å². The third-order valence-corrected chi connectivity index (χ3v) is 3.72. The van der Waals surface area contributed by atoms with Crippen LogP contribution in [0.1, 0.15) is 16.9 Å². The van der Waals surface area contributed by atoms with Gasteiger partial charge >= 0.3 is 0 Å². The van der Waals surface area contributed by atoms with Crippen LogP contribution in [0.2, 0.25) is 10.0 Å². The lowest BCUT2D eigenvalue weighted by atomic mass is 10.3. The summed E-state index contributed by atoms with van der Waals surface area (Å²) in [4.78, 5) is 20.3. The number of nitrogens with one attached hydrogen (secondary N) is 2. The van der Waals surface area contributed by atoms with Crippen molar-refractivity contribution in [3.05, 3.63) is 46.2 Å². The molecule has 8 heteroatoms. The molecule has 0 atom stereocenters. The van der Waals surface area contributed by atoms with Crippen LogP contribution in [0.3, 0.4) is 0 Å². The Labute approximate surface area is 144 Å². The van der Waals surface area contributed by atoms with Gasteiger partial charge in [0.1, 0.15) is 5.69 Å². The minimum absolute atomic E-state index is 0.262. The number of hydrogen-bond acceptors (Lipinski definition) is 5. The first-order valence-corrected chi connectivity index (χ1v) is 7.68. The molecule has 0 bridgehead atoms. The second kappa shape index (κ2) is 8.67. The molecule has 0 aliphatic rings. The maximum absolute atomic E-state index is 12.0. The lowest BCUT2D eigenvalue weighted by molar-refractivity contribution is 0.0943. The number of halogens is 2. The Morgan fingerprint density at radius 1 is 1.30 bits per heavy atom. The normalized spacial score (nSPS) is 10.4. The standard InChI is InChI=1S/C15H16Cl2N4O2/c1-23-9-3-7-18-14(22)12-6-8-19-15(21-12)20-11-5-2-4-10(16)13(11)17/h2,4-6,8H,3,7,9H2,1H3,(H,18,22)(H,19,20,21). The Balaban J connectivity index is 2.04. The summed E-state index contributed by atoms with van der Waals surface area (Å²) in [5, 5.41) is 6.50. The molecule has 0 fully saturated rings. The van der Waals surface area contributed by atoms with Gasteiger partial charge in [-0.1, -0.05) is 29.3 Å². The highest BCUT2D eigenvalue weighted by atomic mass is 35.5. The number of anilines is 2. The van der Waals surface area contributed by atoms with E-state index in [0.29, 0.717) is 28.9 Å². The summed E-state index contributed by atoms with van der Waals surface area (Å²) in [6.07, 6.45) is 2.23. The van der Waals surface area contributed by atoms with Gasteiger partial charge in [-0.15, -0.1) is 0 Å².